The van der Waals surface area contributed by atoms with E-state index >= 15 is 0 Å². The average molecular weight is 397 g/mol. The molecule has 3 rings (SSSR count). The van der Waals surface area contributed by atoms with Crippen molar-refractivity contribution in [1.29, 1.82) is 0 Å². The summed E-state index contributed by atoms with van der Waals surface area (Å²) in [6.07, 6.45) is -6.56. The first-order valence-corrected chi connectivity index (χ1v) is 9.00. The van der Waals surface area contributed by atoms with E-state index < -0.39 is 37.2 Å². The molecule has 0 spiro atoms. The summed E-state index contributed by atoms with van der Waals surface area (Å²) in [5.74, 6) is 0.752. The molecule has 0 radical (unpaired) electrons. The van der Waals surface area contributed by atoms with E-state index in [1.54, 1.807) is 25.3 Å². The predicted octanol–water partition coefficient (Wildman–Crippen LogP) is 2.43. The highest BCUT2D eigenvalue weighted by Crippen LogP contribution is 2.35. The second-order valence-corrected chi connectivity index (χ2v) is 6.99. The normalized spacial score (nSPS) is 28.1. The number of rotatable bonds is 5. The Morgan fingerprint density at radius 2 is 1.81 bits per heavy atom. The molecule has 5 atom stereocenters. The maximum absolute atomic E-state index is 13.9. The van der Waals surface area contributed by atoms with E-state index in [-0.39, 0.29) is 0 Å². The van der Waals surface area contributed by atoms with Crippen LogP contribution in [0.4, 0.5) is 4.39 Å². The van der Waals surface area contributed by atoms with Gasteiger partial charge in [-0.3, -0.25) is 0 Å². The highest BCUT2D eigenvalue weighted by atomic mass is 35.5. The van der Waals surface area contributed by atoms with Crippen molar-refractivity contribution in [3.8, 4) is 5.75 Å². The first kappa shape index (κ1) is 20.0. The number of benzene rings is 2. The molecule has 5 nitrogen and oxygen atoms in total. The smallest absolute Gasteiger partial charge is 0.157 e. The maximum Gasteiger partial charge on any atom is 0.157 e. The van der Waals surface area contributed by atoms with Gasteiger partial charge < -0.3 is 24.8 Å². The third-order valence-corrected chi connectivity index (χ3v) is 5.16. The van der Waals surface area contributed by atoms with Crippen LogP contribution in [0.1, 0.15) is 22.8 Å². The van der Waals surface area contributed by atoms with E-state index in [9.17, 15) is 19.7 Å². The van der Waals surface area contributed by atoms with Gasteiger partial charge in [-0.1, -0.05) is 35.9 Å². The minimum absolute atomic E-state index is 0.539. The van der Waals surface area contributed by atoms with Crippen molar-refractivity contribution in [3.63, 3.8) is 0 Å². The van der Waals surface area contributed by atoms with Crippen molar-refractivity contribution in [2.45, 2.75) is 37.0 Å². The van der Waals surface area contributed by atoms with Gasteiger partial charge in [-0.05, 0) is 41.3 Å². The Kier molecular flexibility index (Phi) is 6.34. The zero-order valence-corrected chi connectivity index (χ0v) is 15.5. The SMILES string of the molecule is COc1ccc(Cc2cc(C3OC(CO)C(F)C(O)C3O)ccc2Cl)cc1. The van der Waals surface area contributed by atoms with Crippen LogP contribution in [0.25, 0.3) is 0 Å². The van der Waals surface area contributed by atoms with E-state index in [0.717, 1.165) is 16.9 Å². The van der Waals surface area contributed by atoms with Crippen molar-refractivity contribution in [3.05, 3.63) is 64.2 Å². The largest absolute Gasteiger partial charge is 0.497 e. The van der Waals surface area contributed by atoms with Gasteiger partial charge in [0.1, 0.15) is 30.2 Å². The van der Waals surface area contributed by atoms with Gasteiger partial charge in [-0.25, -0.2) is 4.39 Å². The summed E-state index contributed by atoms with van der Waals surface area (Å²) in [5.41, 5.74) is 2.37. The molecule has 0 bridgehead atoms. The molecule has 1 heterocycles. The molecule has 1 fully saturated rings. The van der Waals surface area contributed by atoms with E-state index in [1.165, 1.54) is 0 Å². The van der Waals surface area contributed by atoms with Crippen molar-refractivity contribution >= 4 is 11.6 Å². The Morgan fingerprint density at radius 3 is 2.44 bits per heavy atom. The zero-order valence-electron chi connectivity index (χ0n) is 14.8. The Labute approximate surface area is 161 Å². The van der Waals surface area contributed by atoms with E-state index in [0.29, 0.717) is 17.0 Å². The number of hydrogen-bond donors (Lipinski definition) is 3. The van der Waals surface area contributed by atoms with Crippen LogP contribution < -0.4 is 4.74 Å². The highest BCUT2D eigenvalue weighted by Gasteiger charge is 2.45. The minimum Gasteiger partial charge on any atom is -0.497 e. The van der Waals surface area contributed by atoms with Gasteiger partial charge in [-0.15, -0.1) is 0 Å². The van der Waals surface area contributed by atoms with Crippen LogP contribution in [0.15, 0.2) is 42.5 Å². The second kappa shape index (κ2) is 8.54. The van der Waals surface area contributed by atoms with Crippen LogP contribution >= 0.6 is 11.6 Å². The van der Waals surface area contributed by atoms with Crippen LogP contribution in [0, 0.1) is 0 Å². The molecule has 3 N–H and O–H groups in total. The molecule has 0 aliphatic carbocycles. The van der Waals surface area contributed by atoms with Gasteiger partial charge in [0.25, 0.3) is 0 Å². The van der Waals surface area contributed by atoms with Gasteiger partial charge >= 0.3 is 0 Å². The summed E-state index contributed by atoms with van der Waals surface area (Å²) < 4.78 is 24.6. The zero-order chi connectivity index (χ0) is 19.6. The Morgan fingerprint density at radius 1 is 1.11 bits per heavy atom. The molecule has 0 aromatic heterocycles. The van der Waals surface area contributed by atoms with Crippen LogP contribution in [-0.4, -0.2) is 53.5 Å². The number of aliphatic hydroxyl groups excluding tert-OH is 3. The standard InChI is InChI=1S/C20H22ClFO5/c1-26-14-5-2-11(3-6-14)8-13-9-12(4-7-15(13)21)20-19(25)18(24)17(22)16(10-23)27-20/h2-7,9,16-20,23-25H,8,10H2,1H3. The predicted molar refractivity (Wildman–Crippen MR) is 98.9 cm³/mol. The fraction of sp³-hybridized carbons (Fsp3) is 0.400. The monoisotopic (exact) mass is 396 g/mol. The molecule has 27 heavy (non-hydrogen) atoms. The lowest BCUT2D eigenvalue weighted by atomic mass is 9.90. The number of methoxy groups -OCH3 is 1. The molecule has 1 aliphatic heterocycles. The lowest BCUT2D eigenvalue weighted by Gasteiger charge is -2.39. The fourth-order valence-electron chi connectivity index (χ4n) is 3.22. The summed E-state index contributed by atoms with van der Waals surface area (Å²) in [5, 5.41) is 30.0. The second-order valence-electron chi connectivity index (χ2n) is 6.58. The lowest BCUT2D eigenvalue weighted by molar-refractivity contribution is -0.214. The highest BCUT2D eigenvalue weighted by molar-refractivity contribution is 6.31. The first-order valence-electron chi connectivity index (χ1n) is 8.62. The van der Waals surface area contributed by atoms with Gasteiger partial charge in [0, 0.05) is 5.02 Å². The van der Waals surface area contributed by atoms with E-state index in [4.69, 9.17) is 21.1 Å². The number of ether oxygens (including phenoxy) is 2. The van der Waals surface area contributed by atoms with Crippen molar-refractivity contribution in [2.24, 2.45) is 0 Å². The molecule has 7 heteroatoms. The molecule has 0 amide bonds. The van der Waals surface area contributed by atoms with Gasteiger partial charge in [0.05, 0.1) is 13.7 Å². The molecule has 5 unspecified atom stereocenters. The Hall–Kier alpha value is -1.70. The van der Waals surface area contributed by atoms with Gasteiger partial charge in [0.15, 0.2) is 6.17 Å². The number of hydrogen-bond acceptors (Lipinski definition) is 5. The van der Waals surface area contributed by atoms with Crippen molar-refractivity contribution in [1.82, 2.24) is 0 Å². The van der Waals surface area contributed by atoms with Crippen LogP contribution in [0.5, 0.6) is 5.75 Å². The lowest BCUT2D eigenvalue weighted by Crippen LogP contribution is -2.53. The number of alkyl halides is 1. The quantitative estimate of drug-likeness (QED) is 0.723. The average Bonchev–Trinajstić information content (AvgIpc) is 2.69. The first-order chi connectivity index (χ1) is 12.9. The topological polar surface area (TPSA) is 79.2 Å². The molecule has 146 valence electrons. The summed E-state index contributed by atoms with van der Waals surface area (Å²) in [6, 6.07) is 12.6. The fourth-order valence-corrected chi connectivity index (χ4v) is 3.41. The Balaban J connectivity index is 1.85. The minimum atomic E-state index is -1.85. The molecule has 2 aromatic carbocycles. The number of halogens is 2. The summed E-state index contributed by atoms with van der Waals surface area (Å²) in [7, 11) is 1.60. The number of aliphatic hydroxyl groups is 3. The van der Waals surface area contributed by atoms with Gasteiger partial charge in [0.2, 0.25) is 0 Å². The van der Waals surface area contributed by atoms with Crippen molar-refractivity contribution < 1.29 is 29.2 Å². The van der Waals surface area contributed by atoms with E-state index in [2.05, 4.69) is 0 Å². The van der Waals surface area contributed by atoms with Crippen LogP contribution in [0.3, 0.4) is 0 Å². The maximum atomic E-state index is 13.9. The van der Waals surface area contributed by atoms with Crippen LogP contribution in [0.2, 0.25) is 5.02 Å². The molecular formula is C20H22ClFO5. The van der Waals surface area contributed by atoms with E-state index in [1.807, 2.05) is 24.3 Å². The Bertz CT molecular complexity index is 767. The summed E-state index contributed by atoms with van der Waals surface area (Å²) in [6.45, 7) is -0.590. The summed E-state index contributed by atoms with van der Waals surface area (Å²) >= 11 is 6.31. The van der Waals surface area contributed by atoms with Crippen LogP contribution in [-0.2, 0) is 11.2 Å². The summed E-state index contributed by atoms with van der Waals surface area (Å²) in [4.78, 5) is 0. The van der Waals surface area contributed by atoms with Crippen molar-refractivity contribution in [2.75, 3.05) is 13.7 Å². The molecule has 1 aliphatic rings. The molecule has 0 saturated carbocycles. The third kappa shape index (κ3) is 4.25. The third-order valence-electron chi connectivity index (χ3n) is 4.79. The van der Waals surface area contributed by atoms with Gasteiger partial charge in [-0.2, -0.15) is 0 Å². The molecule has 1 saturated heterocycles. The molecular weight excluding hydrogens is 375 g/mol. The molecule has 2 aromatic rings.